The number of piperazine rings is 1. The van der Waals surface area contributed by atoms with Crippen LogP contribution in [-0.4, -0.2) is 62.2 Å². The van der Waals surface area contributed by atoms with Crippen LogP contribution >= 0.6 is 0 Å². The van der Waals surface area contributed by atoms with Crippen molar-refractivity contribution < 1.29 is 0 Å². The molecule has 0 amide bonds. The van der Waals surface area contributed by atoms with Crippen molar-refractivity contribution in [3.05, 3.63) is 0 Å². The van der Waals surface area contributed by atoms with Crippen LogP contribution in [0.5, 0.6) is 0 Å². The van der Waals surface area contributed by atoms with E-state index in [1.807, 2.05) is 0 Å². The highest BCUT2D eigenvalue weighted by atomic mass is 15.2. The van der Waals surface area contributed by atoms with Gasteiger partial charge in [0.25, 0.3) is 0 Å². The first-order chi connectivity index (χ1) is 9.08. The van der Waals surface area contributed by atoms with Gasteiger partial charge in [0.1, 0.15) is 0 Å². The van der Waals surface area contributed by atoms with Crippen molar-refractivity contribution in [1.29, 1.82) is 0 Å². The first-order valence-electron chi connectivity index (χ1n) is 8.20. The van der Waals surface area contributed by atoms with E-state index in [2.05, 4.69) is 50.0 Å². The molecular weight excluding hydrogens is 234 g/mol. The molecule has 3 nitrogen and oxygen atoms in total. The van der Waals surface area contributed by atoms with Gasteiger partial charge in [-0.15, -0.1) is 0 Å². The SMILES string of the molecule is CCC(C)C1CN(CCCCN(C)C)C(CC)CN1. The van der Waals surface area contributed by atoms with Crippen molar-refractivity contribution in [2.75, 3.05) is 40.3 Å². The molecule has 0 aromatic carbocycles. The smallest absolute Gasteiger partial charge is 0.0221 e. The van der Waals surface area contributed by atoms with Gasteiger partial charge in [0.15, 0.2) is 0 Å². The zero-order valence-electron chi connectivity index (χ0n) is 13.8. The summed E-state index contributed by atoms with van der Waals surface area (Å²) in [6.45, 7) is 11.9. The quantitative estimate of drug-likeness (QED) is 0.683. The third kappa shape index (κ3) is 5.80. The largest absolute Gasteiger partial charge is 0.311 e. The van der Waals surface area contributed by atoms with E-state index in [1.165, 1.54) is 51.9 Å². The standard InChI is InChI=1S/C16H35N3/c1-6-14(3)16-13-19(15(7-2)12-17-16)11-9-8-10-18(4)5/h14-17H,6-13H2,1-5H3. The molecule has 0 radical (unpaired) electrons. The summed E-state index contributed by atoms with van der Waals surface area (Å²) in [5.74, 6) is 0.794. The van der Waals surface area contributed by atoms with Gasteiger partial charge < -0.3 is 10.2 Å². The lowest BCUT2D eigenvalue weighted by atomic mass is 9.94. The maximum Gasteiger partial charge on any atom is 0.0221 e. The summed E-state index contributed by atoms with van der Waals surface area (Å²) in [7, 11) is 4.33. The molecule has 1 fully saturated rings. The molecule has 3 heteroatoms. The Morgan fingerprint density at radius 2 is 2.00 bits per heavy atom. The van der Waals surface area contributed by atoms with Crippen LogP contribution in [0.2, 0.25) is 0 Å². The molecule has 0 aromatic heterocycles. The van der Waals surface area contributed by atoms with Gasteiger partial charge in [0.2, 0.25) is 0 Å². The van der Waals surface area contributed by atoms with E-state index in [0.717, 1.165) is 12.0 Å². The fraction of sp³-hybridized carbons (Fsp3) is 1.00. The van der Waals surface area contributed by atoms with Crippen LogP contribution in [0.25, 0.3) is 0 Å². The normalized spacial score (nSPS) is 26.8. The molecule has 19 heavy (non-hydrogen) atoms. The van der Waals surface area contributed by atoms with Gasteiger partial charge in [-0.1, -0.05) is 27.2 Å². The van der Waals surface area contributed by atoms with E-state index in [4.69, 9.17) is 0 Å². The van der Waals surface area contributed by atoms with Crippen molar-refractivity contribution in [2.45, 2.75) is 58.5 Å². The second-order valence-electron chi connectivity index (χ2n) is 6.47. The number of nitrogens with zero attached hydrogens (tertiary/aromatic N) is 2. The molecule has 1 rings (SSSR count). The highest BCUT2D eigenvalue weighted by Gasteiger charge is 2.28. The van der Waals surface area contributed by atoms with Crippen molar-refractivity contribution in [2.24, 2.45) is 5.92 Å². The minimum absolute atomic E-state index is 0.696. The summed E-state index contributed by atoms with van der Waals surface area (Å²) in [6, 6.07) is 1.45. The summed E-state index contributed by atoms with van der Waals surface area (Å²) in [5.41, 5.74) is 0. The molecule has 1 N–H and O–H groups in total. The van der Waals surface area contributed by atoms with E-state index in [-0.39, 0.29) is 0 Å². The topological polar surface area (TPSA) is 18.5 Å². The Kier molecular flexibility index (Phi) is 7.96. The minimum Gasteiger partial charge on any atom is -0.311 e. The number of hydrogen-bond donors (Lipinski definition) is 1. The molecule has 0 spiro atoms. The van der Waals surface area contributed by atoms with E-state index in [0.29, 0.717) is 6.04 Å². The molecule has 0 aliphatic carbocycles. The zero-order valence-corrected chi connectivity index (χ0v) is 13.8. The maximum absolute atomic E-state index is 3.76. The van der Waals surface area contributed by atoms with Gasteiger partial charge >= 0.3 is 0 Å². The number of rotatable bonds is 8. The van der Waals surface area contributed by atoms with Crippen molar-refractivity contribution in [3.8, 4) is 0 Å². The summed E-state index contributed by atoms with van der Waals surface area (Å²) in [4.78, 5) is 5.03. The van der Waals surface area contributed by atoms with Gasteiger partial charge in [0, 0.05) is 25.2 Å². The van der Waals surface area contributed by atoms with E-state index >= 15 is 0 Å². The van der Waals surface area contributed by atoms with Crippen molar-refractivity contribution >= 4 is 0 Å². The Bertz CT molecular complexity index is 230. The van der Waals surface area contributed by atoms with Crippen LogP contribution in [0.1, 0.15) is 46.5 Å². The van der Waals surface area contributed by atoms with Gasteiger partial charge in [-0.2, -0.15) is 0 Å². The van der Waals surface area contributed by atoms with E-state index in [9.17, 15) is 0 Å². The lowest BCUT2D eigenvalue weighted by molar-refractivity contribution is 0.104. The van der Waals surface area contributed by atoms with Gasteiger partial charge in [-0.3, -0.25) is 4.90 Å². The van der Waals surface area contributed by atoms with E-state index < -0.39 is 0 Å². The molecule has 3 atom stereocenters. The second kappa shape index (κ2) is 8.93. The molecule has 1 saturated heterocycles. The summed E-state index contributed by atoms with van der Waals surface area (Å²) in [5, 5.41) is 3.76. The molecule has 1 aliphatic rings. The fourth-order valence-corrected chi connectivity index (χ4v) is 2.97. The van der Waals surface area contributed by atoms with Crippen molar-refractivity contribution in [1.82, 2.24) is 15.1 Å². The zero-order chi connectivity index (χ0) is 14.3. The second-order valence-corrected chi connectivity index (χ2v) is 6.47. The molecule has 3 unspecified atom stereocenters. The Labute approximate surface area is 120 Å². The Morgan fingerprint density at radius 3 is 2.58 bits per heavy atom. The number of unbranched alkanes of at least 4 members (excludes halogenated alkanes) is 1. The molecule has 114 valence electrons. The van der Waals surface area contributed by atoms with Crippen LogP contribution in [-0.2, 0) is 0 Å². The third-order valence-electron chi connectivity index (χ3n) is 4.67. The lowest BCUT2D eigenvalue weighted by Crippen LogP contribution is -2.58. The Balaban J connectivity index is 2.37. The Morgan fingerprint density at radius 1 is 1.26 bits per heavy atom. The van der Waals surface area contributed by atoms with Crippen LogP contribution < -0.4 is 5.32 Å². The third-order valence-corrected chi connectivity index (χ3v) is 4.67. The van der Waals surface area contributed by atoms with Crippen LogP contribution in [0.4, 0.5) is 0 Å². The summed E-state index contributed by atoms with van der Waals surface area (Å²) < 4.78 is 0. The maximum atomic E-state index is 3.76. The highest BCUT2D eigenvalue weighted by Crippen LogP contribution is 2.17. The predicted molar refractivity (Wildman–Crippen MR) is 84.7 cm³/mol. The average Bonchev–Trinajstić information content (AvgIpc) is 2.42. The van der Waals surface area contributed by atoms with Crippen LogP contribution in [0, 0.1) is 5.92 Å². The number of hydrogen-bond acceptors (Lipinski definition) is 3. The average molecular weight is 269 g/mol. The molecule has 0 bridgehead atoms. The minimum atomic E-state index is 0.696. The number of nitrogens with one attached hydrogen (secondary N) is 1. The molecule has 0 aromatic rings. The van der Waals surface area contributed by atoms with Gasteiger partial charge in [-0.05, 0) is 52.4 Å². The Hall–Kier alpha value is -0.120. The molecule has 0 saturated carbocycles. The molecule has 1 heterocycles. The molecule has 1 aliphatic heterocycles. The van der Waals surface area contributed by atoms with Crippen LogP contribution in [0.3, 0.4) is 0 Å². The van der Waals surface area contributed by atoms with Gasteiger partial charge in [0.05, 0.1) is 0 Å². The summed E-state index contributed by atoms with van der Waals surface area (Å²) >= 11 is 0. The van der Waals surface area contributed by atoms with Crippen LogP contribution in [0.15, 0.2) is 0 Å². The highest BCUT2D eigenvalue weighted by molar-refractivity contribution is 4.87. The first-order valence-corrected chi connectivity index (χ1v) is 8.20. The van der Waals surface area contributed by atoms with E-state index in [1.54, 1.807) is 0 Å². The monoisotopic (exact) mass is 269 g/mol. The first kappa shape index (κ1) is 16.9. The lowest BCUT2D eigenvalue weighted by Gasteiger charge is -2.42. The summed E-state index contributed by atoms with van der Waals surface area (Å²) in [6.07, 6.45) is 5.21. The predicted octanol–water partition coefficient (Wildman–Crippen LogP) is 2.43. The van der Waals surface area contributed by atoms with Crippen molar-refractivity contribution in [3.63, 3.8) is 0 Å². The fourth-order valence-electron chi connectivity index (χ4n) is 2.97. The molecular formula is C16H35N3. The van der Waals surface area contributed by atoms with Gasteiger partial charge in [-0.25, -0.2) is 0 Å².